The van der Waals surface area contributed by atoms with Crippen molar-refractivity contribution in [2.24, 2.45) is 5.92 Å². The number of nitrogens with zero attached hydrogens (tertiary/aromatic N) is 1. The first-order valence-corrected chi connectivity index (χ1v) is 5.29. The predicted molar refractivity (Wildman–Crippen MR) is 51.3 cm³/mol. The van der Waals surface area contributed by atoms with Crippen LogP contribution in [-0.2, 0) is 14.3 Å². The van der Waals surface area contributed by atoms with Gasteiger partial charge in [-0.15, -0.1) is 0 Å². The lowest BCUT2D eigenvalue weighted by Gasteiger charge is -2.15. The van der Waals surface area contributed by atoms with Crippen LogP contribution in [0.1, 0.15) is 19.3 Å². The second-order valence-electron chi connectivity index (χ2n) is 4.17. The monoisotopic (exact) mass is 213 g/mol. The number of rotatable bonds is 4. The van der Waals surface area contributed by atoms with Gasteiger partial charge in [0, 0.05) is 19.0 Å². The van der Waals surface area contributed by atoms with Crippen LogP contribution in [0.5, 0.6) is 0 Å². The van der Waals surface area contributed by atoms with E-state index in [1.807, 2.05) is 0 Å². The molecule has 1 aliphatic heterocycles. The summed E-state index contributed by atoms with van der Waals surface area (Å²) in [5.41, 5.74) is 0. The maximum Gasteiger partial charge on any atom is 0.329 e. The number of carbonyl (C=O) groups excluding carboxylic acids is 1. The molecule has 0 aromatic rings. The molecule has 5 heteroatoms. The van der Waals surface area contributed by atoms with Gasteiger partial charge < -0.3 is 14.7 Å². The molecular weight excluding hydrogens is 198 g/mol. The van der Waals surface area contributed by atoms with Gasteiger partial charge in [0.15, 0.2) is 0 Å². The molecule has 1 saturated carbocycles. The molecule has 2 rings (SSSR count). The van der Waals surface area contributed by atoms with Crippen molar-refractivity contribution in [3.63, 3.8) is 0 Å². The third-order valence-corrected chi connectivity index (χ3v) is 2.83. The summed E-state index contributed by atoms with van der Waals surface area (Å²) in [7, 11) is 0. The molecule has 1 aliphatic carbocycles. The average molecular weight is 213 g/mol. The summed E-state index contributed by atoms with van der Waals surface area (Å²) in [6.45, 7) is 0.998. The highest BCUT2D eigenvalue weighted by Crippen LogP contribution is 2.32. The number of hydrogen-bond donors (Lipinski definition) is 1. The van der Waals surface area contributed by atoms with Crippen LogP contribution in [0.25, 0.3) is 0 Å². The average Bonchev–Trinajstić information content (AvgIpc) is 2.93. The number of ether oxygens (including phenoxy) is 1. The number of carboxylic acid groups (broad SMARTS) is 1. The van der Waals surface area contributed by atoms with Gasteiger partial charge in [-0.3, -0.25) is 4.79 Å². The van der Waals surface area contributed by atoms with E-state index in [9.17, 15) is 9.59 Å². The van der Waals surface area contributed by atoms with Gasteiger partial charge in [-0.1, -0.05) is 0 Å². The van der Waals surface area contributed by atoms with E-state index in [0.29, 0.717) is 13.1 Å². The predicted octanol–water partition coefficient (Wildman–Crippen LogP) is 0.0985. The van der Waals surface area contributed by atoms with E-state index in [1.165, 1.54) is 0 Å². The minimum absolute atomic E-state index is 0.0937. The molecular formula is C10H15NO4. The number of carboxylic acids is 1. The summed E-state index contributed by atoms with van der Waals surface area (Å²) in [5, 5.41) is 8.44. The Morgan fingerprint density at radius 3 is 2.67 bits per heavy atom. The Balaban J connectivity index is 1.73. The second-order valence-corrected chi connectivity index (χ2v) is 4.17. The molecule has 1 heterocycles. The van der Waals surface area contributed by atoms with Crippen LogP contribution in [0, 0.1) is 5.92 Å². The fraction of sp³-hybridized carbons (Fsp3) is 0.800. The molecule has 1 saturated heterocycles. The van der Waals surface area contributed by atoms with Crippen molar-refractivity contribution in [1.82, 2.24) is 4.90 Å². The number of carbonyl (C=O) groups is 2. The van der Waals surface area contributed by atoms with Crippen LogP contribution in [-0.4, -0.2) is 47.7 Å². The van der Waals surface area contributed by atoms with Crippen molar-refractivity contribution in [3.8, 4) is 0 Å². The molecule has 0 bridgehead atoms. The molecule has 1 amide bonds. The Bertz CT molecular complexity index is 275. The number of aliphatic carboxylic acids is 1. The lowest BCUT2D eigenvalue weighted by molar-refractivity contribution is -0.144. The van der Waals surface area contributed by atoms with E-state index in [1.54, 1.807) is 4.90 Å². The molecule has 0 aromatic carbocycles. The van der Waals surface area contributed by atoms with Gasteiger partial charge in [0.2, 0.25) is 5.91 Å². The molecule has 0 radical (unpaired) electrons. The summed E-state index contributed by atoms with van der Waals surface area (Å²) in [6.07, 6.45) is 2.68. The summed E-state index contributed by atoms with van der Waals surface area (Å²) in [5.74, 6) is -0.499. The van der Waals surface area contributed by atoms with Crippen LogP contribution >= 0.6 is 0 Å². The molecule has 1 N–H and O–H groups in total. The Hall–Kier alpha value is -1.10. The van der Waals surface area contributed by atoms with Crippen LogP contribution in [0.2, 0.25) is 0 Å². The third kappa shape index (κ3) is 2.68. The zero-order valence-corrected chi connectivity index (χ0v) is 8.52. The second kappa shape index (κ2) is 4.18. The lowest BCUT2D eigenvalue weighted by atomic mass is 10.3. The quantitative estimate of drug-likeness (QED) is 0.719. The Morgan fingerprint density at radius 2 is 2.07 bits per heavy atom. The number of hydrogen-bond acceptors (Lipinski definition) is 3. The van der Waals surface area contributed by atoms with Crippen LogP contribution < -0.4 is 0 Å². The third-order valence-electron chi connectivity index (χ3n) is 2.83. The smallest absolute Gasteiger partial charge is 0.329 e. The van der Waals surface area contributed by atoms with Crippen LogP contribution in [0.4, 0.5) is 0 Å². The topological polar surface area (TPSA) is 66.8 Å². The van der Waals surface area contributed by atoms with E-state index in [4.69, 9.17) is 9.84 Å². The molecule has 0 spiro atoms. The van der Waals surface area contributed by atoms with E-state index in [-0.39, 0.29) is 24.5 Å². The first kappa shape index (κ1) is 10.4. The molecule has 0 unspecified atom stereocenters. The Labute approximate surface area is 88.0 Å². The lowest BCUT2D eigenvalue weighted by Crippen LogP contribution is -2.31. The summed E-state index contributed by atoms with van der Waals surface area (Å²) in [6, 6.07) is 0. The molecule has 1 atom stereocenters. The highest BCUT2D eigenvalue weighted by molar-refractivity contribution is 5.81. The van der Waals surface area contributed by atoms with Gasteiger partial charge in [-0.25, -0.2) is 4.79 Å². The normalized spacial score (nSPS) is 25.6. The molecule has 2 aliphatic rings. The van der Waals surface area contributed by atoms with E-state index < -0.39 is 5.97 Å². The zero-order chi connectivity index (χ0) is 10.8. The molecule has 84 valence electrons. The first-order valence-electron chi connectivity index (χ1n) is 5.29. The minimum atomic E-state index is -0.957. The summed E-state index contributed by atoms with van der Waals surface area (Å²) >= 11 is 0. The van der Waals surface area contributed by atoms with Crippen molar-refractivity contribution >= 4 is 11.9 Å². The maximum absolute atomic E-state index is 11.6. The van der Waals surface area contributed by atoms with Crippen molar-refractivity contribution in [1.29, 1.82) is 0 Å². The summed E-state index contributed by atoms with van der Waals surface area (Å²) in [4.78, 5) is 23.7. The molecule has 0 aromatic heterocycles. The minimum Gasteiger partial charge on any atom is -0.480 e. The number of amides is 1. The van der Waals surface area contributed by atoms with Gasteiger partial charge in [0.05, 0.1) is 6.10 Å². The fourth-order valence-electron chi connectivity index (χ4n) is 1.84. The highest BCUT2D eigenvalue weighted by atomic mass is 16.5. The van der Waals surface area contributed by atoms with Crippen LogP contribution in [0.3, 0.4) is 0 Å². The van der Waals surface area contributed by atoms with Gasteiger partial charge in [0.25, 0.3) is 0 Å². The maximum atomic E-state index is 11.6. The van der Waals surface area contributed by atoms with Gasteiger partial charge in [0.1, 0.15) is 6.61 Å². The van der Waals surface area contributed by atoms with Crippen molar-refractivity contribution in [3.05, 3.63) is 0 Å². The van der Waals surface area contributed by atoms with Crippen molar-refractivity contribution < 1.29 is 19.4 Å². The fourth-order valence-corrected chi connectivity index (χ4v) is 1.84. The van der Waals surface area contributed by atoms with E-state index >= 15 is 0 Å². The van der Waals surface area contributed by atoms with Gasteiger partial charge in [-0.05, 0) is 19.3 Å². The largest absolute Gasteiger partial charge is 0.480 e. The standard InChI is InChI=1S/C10H15NO4/c12-9(13)6-15-8-3-4-11(5-8)10(14)7-1-2-7/h7-8H,1-6H2,(H,12,13)/t8-/m1/s1. The SMILES string of the molecule is O=C(O)CO[C@@H]1CCN(C(=O)C2CC2)C1. The molecule has 5 nitrogen and oxygen atoms in total. The van der Waals surface area contributed by atoms with E-state index in [2.05, 4.69) is 0 Å². The van der Waals surface area contributed by atoms with Crippen molar-refractivity contribution in [2.45, 2.75) is 25.4 Å². The molecule has 15 heavy (non-hydrogen) atoms. The van der Waals surface area contributed by atoms with Crippen LogP contribution in [0.15, 0.2) is 0 Å². The Kier molecular flexibility index (Phi) is 2.90. The summed E-state index contributed by atoms with van der Waals surface area (Å²) < 4.78 is 5.15. The highest BCUT2D eigenvalue weighted by Gasteiger charge is 2.36. The zero-order valence-electron chi connectivity index (χ0n) is 8.52. The number of likely N-dealkylation sites (tertiary alicyclic amines) is 1. The van der Waals surface area contributed by atoms with Crippen molar-refractivity contribution in [2.75, 3.05) is 19.7 Å². The van der Waals surface area contributed by atoms with Gasteiger partial charge in [-0.2, -0.15) is 0 Å². The van der Waals surface area contributed by atoms with Gasteiger partial charge >= 0.3 is 5.97 Å². The Morgan fingerprint density at radius 1 is 1.33 bits per heavy atom. The first-order chi connectivity index (χ1) is 7.16. The van der Waals surface area contributed by atoms with E-state index in [0.717, 1.165) is 19.3 Å². The molecule has 2 fully saturated rings.